The number of para-hydroxylation sites is 1. The van der Waals surface area contributed by atoms with Crippen molar-refractivity contribution < 1.29 is 18.7 Å². The third-order valence-electron chi connectivity index (χ3n) is 4.28. The SMILES string of the molecule is COC(=O)[C@H](NC(=O)c1nn(CCCCCF)c2ccccc12)C(C)C. The van der Waals surface area contributed by atoms with Crippen LogP contribution in [0.2, 0.25) is 0 Å². The summed E-state index contributed by atoms with van der Waals surface area (Å²) in [6, 6.07) is 6.72. The number of methoxy groups -OCH3 is 1. The minimum atomic E-state index is -0.735. The molecule has 0 aliphatic rings. The van der Waals surface area contributed by atoms with Gasteiger partial charge in [-0.3, -0.25) is 13.9 Å². The number of aryl methyl sites for hydroxylation is 1. The average Bonchev–Trinajstić information content (AvgIpc) is 3.01. The molecule has 0 aliphatic heterocycles. The Balaban J connectivity index is 2.25. The second-order valence-corrected chi connectivity index (χ2v) is 6.56. The molecule has 1 aromatic heterocycles. The summed E-state index contributed by atoms with van der Waals surface area (Å²) in [5.74, 6) is -1.00. The van der Waals surface area contributed by atoms with E-state index >= 15 is 0 Å². The Hall–Kier alpha value is -2.44. The fourth-order valence-corrected chi connectivity index (χ4v) is 2.83. The molecule has 0 radical (unpaired) electrons. The van der Waals surface area contributed by atoms with Gasteiger partial charge in [0.2, 0.25) is 0 Å². The van der Waals surface area contributed by atoms with Gasteiger partial charge in [0, 0.05) is 11.9 Å². The van der Waals surface area contributed by atoms with Crippen molar-refractivity contribution in [3.63, 3.8) is 0 Å². The van der Waals surface area contributed by atoms with Crippen LogP contribution in [0.25, 0.3) is 10.9 Å². The fraction of sp³-hybridized carbons (Fsp3) is 0.526. The molecule has 0 bridgehead atoms. The lowest BCUT2D eigenvalue weighted by molar-refractivity contribution is -0.144. The van der Waals surface area contributed by atoms with Crippen molar-refractivity contribution in [2.24, 2.45) is 5.92 Å². The van der Waals surface area contributed by atoms with Gasteiger partial charge in [0.1, 0.15) is 6.04 Å². The normalized spacial score (nSPS) is 12.3. The van der Waals surface area contributed by atoms with E-state index in [2.05, 4.69) is 10.4 Å². The first kappa shape index (κ1) is 19.9. The van der Waals surface area contributed by atoms with Gasteiger partial charge in [0.25, 0.3) is 5.91 Å². The summed E-state index contributed by atoms with van der Waals surface area (Å²) in [5.41, 5.74) is 1.12. The van der Waals surface area contributed by atoms with Crippen LogP contribution in [0.15, 0.2) is 24.3 Å². The van der Waals surface area contributed by atoms with Crippen LogP contribution in [0.1, 0.15) is 43.6 Å². The van der Waals surface area contributed by atoms with Gasteiger partial charge in [-0.15, -0.1) is 0 Å². The number of nitrogens with one attached hydrogen (secondary N) is 1. The number of halogens is 1. The van der Waals surface area contributed by atoms with E-state index in [-0.39, 0.29) is 18.3 Å². The highest BCUT2D eigenvalue weighted by Crippen LogP contribution is 2.20. The first-order valence-corrected chi connectivity index (χ1v) is 8.89. The van der Waals surface area contributed by atoms with Crippen molar-refractivity contribution in [2.45, 2.75) is 45.7 Å². The third-order valence-corrected chi connectivity index (χ3v) is 4.28. The maximum Gasteiger partial charge on any atom is 0.328 e. The van der Waals surface area contributed by atoms with Crippen molar-refractivity contribution in [1.82, 2.24) is 15.1 Å². The van der Waals surface area contributed by atoms with Crippen molar-refractivity contribution in [2.75, 3.05) is 13.8 Å². The van der Waals surface area contributed by atoms with Gasteiger partial charge in [0.15, 0.2) is 5.69 Å². The molecule has 1 atom stereocenters. The molecule has 0 saturated carbocycles. The molecular formula is C19H26FN3O3. The predicted octanol–water partition coefficient (Wildman–Crippen LogP) is 3.10. The molecule has 0 saturated heterocycles. The summed E-state index contributed by atoms with van der Waals surface area (Å²) in [6.07, 6.45) is 2.08. The monoisotopic (exact) mass is 363 g/mol. The Labute approximate surface area is 152 Å². The summed E-state index contributed by atoms with van der Waals surface area (Å²) in [7, 11) is 1.30. The van der Waals surface area contributed by atoms with E-state index < -0.39 is 17.9 Å². The van der Waals surface area contributed by atoms with Gasteiger partial charge >= 0.3 is 5.97 Å². The summed E-state index contributed by atoms with van der Waals surface area (Å²) in [6.45, 7) is 3.96. The highest BCUT2D eigenvalue weighted by Gasteiger charge is 2.27. The van der Waals surface area contributed by atoms with Crippen LogP contribution in [0.4, 0.5) is 4.39 Å². The van der Waals surface area contributed by atoms with Crippen molar-refractivity contribution in [1.29, 1.82) is 0 Å². The Morgan fingerprint density at radius 2 is 1.96 bits per heavy atom. The van der Waals surface area contributed by atoms with Crippen LogP contribution < -0.4 is 5.32 Å². The summed E-state index contributed by atoms with van der Waals surface area (Å²) < 4.78 is 18.8. The molecule has 2 aromatic rings. The number of carbonyl (C=O) groups is 2. The average molecular weight is 363 g/mol. The van der Waals surface area contributed by atoms with Gasteiger partial charge in [-0.1, -0.05) is 32.0 Å². The van der Waals surface area contributed by atoms with E-state index in [1.807, 2.05) is 38.1 Å². The van der Waals surface area contributed by atoms with Crippen LogP contribution in [0.3, 0.4) is 0 Å². The molecular weight excluding hydrogens is 337 g/mol. The fourth-order valence-electron chi connectivity index (χ4n) is 2.83. The minimum Gasteiger partial charge on any atom is -0.467 e. The second kappa shape index (κ2) is 9.31. The molecule has 0 unspecified atom stereocenters. The molecule has 1 amide bonds. The highest BCUT2D eigenvalue weighted by atomic mass is 19.1. The maximum atomic E-state index is 12.7. The summed E-state index contributed by atoms with van der Waals surface area (Å²) in [5, 5.41) is 7.89. The van der Waals surface area contributed by atoms with E-state index in [0.29, 0.717) is 13.0 Å². The third kappa shape index (κ3) is 4.59. The largest absolute Gasteiger partial charge is 0.467 e. The van der Waals surface area contributed by atoms with Crippen LogP contribution in [0, 0.1) is 5.92 Å². The highest BCUT2D eigenvalue weighted by molar-refractivity contribution is 6.06. The van der Waals surface area contributed by atoms with Crippen molar-refractivity contribution in [3.8, 4) is 0 Å². The molecule has 7 heteroatoms. The minimum absolute atomic E-state index is 0.111. The molecule has 0 spiro atoms. The van der Waals surface area contributed by atoms with Crippen molar-refractivity contribution >= 4 is 22.8 Å². The number of aromatic nitrogens is 2. The quantitative estimate of drug-likeness (QED) is 0.549. The molecule has 6 nitrogen and oxygen atoms in total. The number of hydrogen-bond donors (Lipinski definition) is 1. The molecule has 0 fully saturated rings. The van der Waals surface area contributed by atoms with Gasteiger partial charge < -0.3 is 10.1 Å². The van der Waals surface area contributed by atoms with Crippen molar-refractivity contribution in [3.05, 3.63) is 30.0 Å². The number of alkyl halides is 1. The number of unbranched alkanes of at least 4 members (excludes halogenated alkanes) is 2. The maximum absolute atomic E-state index is 12.7. The number of benzene rings is 1. The first-order chi connectivity index (χ1) is 12.5. The summed E-state index contributed by atoms with van der Waals surface area (Å²) in [4.78, 5) is 24.6. The zero-order chi connectivity index (χ0) is 19.1. The lowest BCUT2D eigenvalue weighted by Crippen LogP contribution is -2.45. The lowest BCUT2D eigenvalue weighted by atomic mass is 10.0. The Morgan fingerprint density at radius 3 is 2.62 bits per heavy atom. The molecule has 1 heterocycles. The van der Waals surface area contributed by atoms with Gasteiger partial charge in [-0.2, -0.15) is 5.10 Å². The van der Waals surface area contributed by atoms with E-state index in [9.17, 15) is 14.0 Å². The van der Waals surface area contributed by atoms with E-state index in [1.165, 1.54) is 7.11 Å². The Kier molecular flexibility index (Phi) is 7.12. The van der Waals surface area contributed by atoms with E-state index in [0.717, 1.165) is 23.7 Å². The molecule has 26 heavy (non-hydrogen) atoms. The topological polar surface area (TPSA) is 73.2 Å². The number of carbonyl (C=O) groups excluding carboxylic acids is 2. The van der Waals surface area contributed by atoms with Crippen LogP contribution in [-0.2, 0) is 16.1 Å². The number of rotatable bonds is 9. The number of esters is 1. The number of hydrogen-bond acceptors (Lipinski definition) is 4. The zero-order valence-corrected chi connectivity index (χ0v) is 15.5. The summed E-state index contributed by atoms with van der Waals surface area (Å²) >= 11 is 0. The Bertz CT molecular complexity index is 758. The zero-order valence-electron chi connectivity index (χ0n) is 15.5. The molecule has 0 aliphatic carbocycles. The second-order valence-electron chi connectivity index (χ2n) is 6.56. The molecule has 1 N–H and O–H groups in total. The smallest absolute Gasteiger partial charge is 0.328 e. The van der Waals surface area contributed by atoms with Crippen LogP contribution >= 0.6 is 0 Å². The van der Waals surface area contributed by atoms with E-state index in [4.69, 9.17) is 4.74 Å². The number of nitrogens with zero attached hydrogens (tertiary/aromatic N) is 2. The predicted molar refractivity (Wildman–Crippen MR) is 97.7 cm³/mol. The van der Waals surface area contributed by atoms with Gasteiger partial charge in [-0.25, -0.2) is 4.79 Å². The molecule has 142 valence electrons. The molecule has 1 aromatic carbocycles. The van der Waals surface area contributed by atoms with Crippen LogP contribution in [0.5, 0.6) is 0 Å². The number of ether oxygens (including phenoxy) is 1. The Morgan fingerprint density at radius 1 is 1.23 bits per heavy atom. The first-order valence-electron chi connectivity index (χ1n) is 8.89. The van der Waals surface area contributed by atoms with E-state index in [1.54, 1.807) is 4.68 Å². The molecule has 2 rings (SSSR count). The van der Waals surface area contributed by atoms with Gasteiger partial charge in [-0.05, 0) is 31.2 Å². The lowest BCUT2D eigenvalue weighted by Gasteiger charge is -2.19. The number of fused-ring (bicyclic) bond motifs is 1. The van der Waals surface area contributed by atoms with Crippen LogP contribution in [-0.4, -0.2) is 41.5 Å². The standard InChI is InChI=1S/C19H26FN3O3/c1-13(2)16(19(25)26-3)21-18(24)17-14-9-5-6-10-15(14)23(22-17)12-8-4-7-11-20/h5-6,9-10,13,16H,4,7-8,11-12H2,1-3H3,(H,21,24)/t16-/m1/s1. The van der Waals surface area contributed by atoms with Gasteiger partial charge in [0.05, 0.1) is 19.3 Å². The number of amides is 1.